The van der Waals surface area contributed by atoms with Gasteiger partial charge in [-0.1, -0.05) is 42.3 Å². The highest BCUT2D eigenvalue weighted by Gasteiger charge is 2.26. The lowest BCUT2D eigenvalue weighted by molar-refractivity contribution is -0.134. The Morgan fingerprint density at radius 3 is 2.44 bits per heavy atom. The number of hydrogen-bond donors (Lipinski definition) is 0. The molecule has 0 spiro atoms. The van der Waals surface area contributed by atoms with Gasteiger partial charge in [0.1, 0.15) is 12.3 Å². The molecule has 0 fully saturated rings. The lowest BCUT2D eigenvalue weighted by Gasteiger charge is -2.32. The number of carbonyl (C=O) groups excluding carboxylic acids is 2. The molecule has 3 rings (SSSR count). The summed E-state index contributed by atoms with van der Waals surface area (Å²) in [5.74, 6) is 0.378. The Morgan fingerprint density at radius 2 is 1.77 bits per heavy atom. The van der Waals surface area contributed by atoms with E-state index in [0.29, 0.717) is 48.3 Å². The average Bonchev–Trinajstić information content (AvgIpc) is 3.36. The number of ether oxygens (including phenoxy) is 2. The Hall–Kier alpha value is -3.00. The van der Waals surface area contributed by atoms with Crippen LogP contribution in [-0.2, 0) is 22.6 Å². The van der Waals surface area contributed by atoms with E-state index < -0.39 is 0 Å². The number of rotatable bonds is 14. The first-order valence-corrected chi connectivity index (χ1v) is 13.8. The van der Waals surface area contributed by atoms with Crippen LogP contribution in [-0.4, -0.2) is 66.1 Å². The summed E-state index contributed by atoms with van der Waals surface area (Å²) in [6, 6.07) is 16.6. The van der Waals surface area contributed by atoms with Crippen molar-refractivity contribution in [3.05, 3.63) is 87.7 Å². The van der Waals surface area contributed by atoms with Gasteiger partial charge in [-0.15, -0.1) is 0 Å². The van der Waals surface area contributed by atoms with Gasteiger partial charge in [0.05, 0.1) is 13.7 Å². The van der Waals surface area contributed by atoms with Gasteiger partial charge in [-0.25, -0.2) is 0 Å². The Balaban J connectivity index is 1.81. The molecule has 1 aromatic heterocycles. The van der Waals surface area contributed by atoms with Crippen LogP contribution in [0.25, 0.3) is 0 Å². The van der Waals surface area contributed by atoms with Gasteiger partial charge < -0.3 is 23.8 Å². The molecule has 7 nitrogen and oxygen atoms in total. The number of aromatic nitrogens is 1. The van der Waals surface area contributed by atoms with Crippen LogP contribution < -0.4 is 4.74 Å². The van der Waals surface area contributed by atoms with Gasteiger partial charge in [-0.05, 0) is 67.8 Å². The largest absolute Gasteiger partial charge is 0.497 e. The summed E-state index contributed by atoms with van der Waals surface area (Å²) < 4.78 is 12.7. The van der Waals surface area contributed by atoms with Crippen LogP contribution in [0.15, 0.2) is 60.8 Å². The van der Waals surface area contributed by atoms with Crippen molar-refractivity contribution in [1.29, 1.82) is 0 Å². The Kier molecular flexibility index (Phi) is 11.7. The smallest absolute Gasteiger partial charge is 0.254 e. The zero-order valence-corrected chi connectivity index (χ0v) is 24.5. The van der Waals surface area contributed by atoms with Crippen molar-refractivity contribution in [1.82, 2.24) is 14.4 Å². The molecule has 0 saturated carbocycles. The molecule has 0 saturated heterocycles. The van der Waals surface area contributed by atoms with Gasteiger partial charge >= 0.3 is 0 Å². The molecule has 0 radical (unpaired) electrons. The zero-order chi connectivity index (χ0) is 28.4. The number of amides is 2. The second kappa shape index (κ2) is 15.0. The zero-order valence-electron chi connectivity index (χ0n) is 23.0. The van der Waals surface area contributed by atoms with Crippen molar-refractivity contribution in [3.8, 4) is 5.75 Å². The molecule has 3 aromatic rings. The summed E-state index contributed by atoms with van der Waals surface area (Å²) in [4.78, 5) is 30.6. The molecule has 39 heavy (non-hydrogen) atoms. The highest BCUT2D eigenvalue weighted by atomic mass is 35.5. The van der Waals surface area contributed by atoms with Gasteiger partial charge in [0, 0.05) is 60.3 Å². The second-order valence-electron chi connectivity index (χ2n) is 9.49. The van der Waals surface area contributed by atoms with E-state index in [1.54, 1.807) is 37.3 Å². The van der Waals surface area contributed by atoms with Gasteiger partial charge in [-0.3, -0.25) is 9.59 Å². The molecule has 1 unspecified atom stereocenters. The molecule has 0 aliphatic heterocycles. The van der Waals surface area contributed by atoms with Crippen molar-refractivity contribution < 1.29 is 19.1 Å². The van der Waals surface area contributed by atoms with Crippen LogP contribution in [0, 0.1) is 0 Å². The Labute approximate surface area is 241 Å². The number of nitrogens with zero attached hydrogens (tertiary/aromatic N) is 3. The van der Waals surface area contributed by atoms with Crippen LogP contribution in [0.4, 0.5) is 0 Å². The average molecular weight is 575 g/mol. The lowest BCUT2D eigenvalue weighted by atomic mass is 10.1. The molecule has 1 heterocycles. The third-order valence-electron chi connectivity index (χ3n) is 6.69. The molecule has 0 aliphatic carbocycles. The van der Waals surface area contributed by atoms with Crippen LogP contribution >= 0.6 is 23.2 Å². The predicted molar refractivity (Wildman–Crippen MR) is 156 cm³/mol. The molecule has 2 amide bonds. The summed E-state index contributed by atoms with van der Waals surface area (Å²) in [5.41, 5.74) is 2.45. The molecule has 0 N–H and O–H groups in total. The van der Waals surface area contributed by atoms with E-state index in [1.165, 1.54) is 0 Å². The van der Waals surface area contributed by atoms with Crippen molar-refractivity contribution in [2.24, 2.45) is 0 Å². The molecule has 210 valence electrons. The monoisotopic (exact) mass is 573 g/mol. The molecule has 2 aromatic carbocycles. The Bertz CT molecular complexity index is 1230. The fraction of sp³-hybridized carbons (Fsp3) is 0.400. The van der Waals surface area contributed by atoms with Gasteiger partial charge in [0.25, 0.3) is 5.91 Å². The third kappa shape index (κ3) is 8.75. The van der Waals surface area contributed by atoms with Gasteiger partial charge in [0.15, 0.2) is 0 Å². The lowest BCUT2D eigenvalue weighted by Crippen LogP contribution is -2.46. The standard InChI is InChI=1S/C30H37Cl2N3O4/c1-5-22(2)35(20-27-10-7-12-33(27)19-23-9-6-11-28(15-23)39-4)29(36)21-34(13-8-14-38-3)30(37)24-16-25(31)18-26(32)17-24/h6-7,9-12,15-18,22H,5,8,13-14,19-21H2,1-4H3. The van der Waals surface area contributed by atoms with Gasteiger partial charge in [0.2, 0.25) is 5.91 Å². The number of hydrogen-bond acceptors (Lipinski definition) is 4. The minimum absolute atomic E-state index is 0.0192. The summed E-state index contributed by atoms with van der Waals surface area (Å²) in [7, 11) is 3.26. The van der Waals surface area contributed by atoms with Crippen molar-refractivity contribution in [2.75, 3.05) is 33.9 Å². The van der Waals surface area contributed by atoms with Crippen LogP contribution in [0.1, 0.15) is 48.3 Å². The summed E-state index contributed by atoms with van der Waals surface area (Å²) in [6.07, 6.45) is 3.39. The molecular weight excluding hydrogens is 537 g/mol. The molecule has 0 bridgehead atoms. The van der Waals surface area contributed by atoms with Crippen molar-refractivity contribution >= 4 is 35.0 Å². The fourth-order valence-electron chi connectivity index (χ4n) is 4.37. The topological polar surface area (TPSA) is 64.0 Å². The highest BCUT2D eigenvalue weighted by Crippen LogP contribution is 2.21. The quantitative estimate of drug-likeness (QED) is 0.217. The molecule has 1 atom stereocenters. The highest BCUT2D eigenvalue weighted by molar-refractivity contribution is 6.35. The predicted octanol–water partition coefficient (Wildman–Crippen LogP) is 6.16. The minimum Gasteiger partial charge on any atom is -0.497 e. The van der Waals surface area contributed by atoms with E-state index in [2.05, 4.69) is 17.6 Å². The van der Waals surface area contributed by atoms with E-state index >= 15 is 0 Å². The van der Waals surface area contributed by atoms with Gasteiger partial charge in [-0.2, -0.15) is 0 Å². The third-order valence-corrected chi connectivity index (χ3v) is 7.12. The second-order valence-corrected chi connectivity index (χ2v) is 10.4. The Morgan fingerprint density at radius 1 is 1.03 bits per heavy atom. The first kappa shape index (κ1) is 30.5. The van der Waals surface area contributed by atoms with E-state index in [0.717, 1.165) is 23.4 Å². The SMILES string of the molecule is CCC(C)N(Cc1cccn1Cc1cccc(OC)c1)C(=O)CN(CCCOC)C(=O)c1cc(Cl)cc(Cl)c1. The maximum absolute atomic E-state index is 13.8. The minimum atomic E-state index is -0.297. The van der Waals surface area contributed by atoms with E-state index in [1.807, 2.05) is 48.4 Å². The van der Waals surface area contributed by atoms with Crippen molar-refractivity contribution in [3.63, 3.8) is 0 Å². The number of carbonyl (C=O) groups is 2. The molecular formula is C30H37Cl2N3O4. The van der Waals surface area contributed by atoms with Crippen LogP contribution in [0.5, 0.6) is 5.75 Å². The van der Waals surface area contributed by atoms with Crippen LogP contribution in [0.3, 0.4) is 0 Å². The molecule has 0 aliphatic rings. The summed E-state index contributed by atoms with van der Waals surface area (Å²) in [6.45, 7) is 5.93. The maximum Gasteiger partial charge on any atom is 0.254 e. The van der Waals surface area contributed by atoms with E-state index in [-0.39, 0.29) is 24.4 Å². The first-order valence-electron chi connectivity index (χ1n) is 13.1. The first-order chi connectivity index (χ1) is 18.7. The maximum atomic E-state index is 13.8. The fourth-order valence-corrected chi connectivity index (χ4v) is 4.89. The normalized spacial score (nSPS) is 11.7. The summed E-state index contributed by atoms with van der Waals surface area (Å²) >= 11 is 12.3. The van der Waals surface area contributed by atoms with E-state index in [4.69, 9.17) is 32.7 Å². The number of methoxy groups -OCH3 is 2. The van der Waals surface area contributed by atoms with E-state index in [9.17, 15) is 9.59 Å². The number of halogens is 2. The summed E-state index contributed by atoms with van der Waals surface area (Å²) in [5, 5.41) is 0.735. The van der Waals surface area contributed by atoms with Crippen molar-refractivity contribution in [2.45, 2.75) is 45.8 Å². The number of benzene rings is 2. The molecule has 9 heteroatoms. The van der Waals surface area contributed by atoms with Crippen LogP contribution in [0.2, 0.25) is 10.0 Å².